The first-order valence-electron chi connectivity index (χ1n) is 10.7. The molecule has 6 rings (SSSR count). The zero-order valence-corrected chi connectivity index (χ0v) is 16.7. The minimum absolute atomic E-state index is 0.502. The summed E-state index contributed by atoms with van der Waals surface area (Å²) in [5.74, 6) is 1.00. The summed E-state index contributed by atoms with van der Waals surface area (Å²) in [6.45, 7) is 2.28. The van der Waals surface area contributed by atoms with Crippen LogP contribution in [0.3, 0.4) is 0 Å². The van der Waals surface area contributed by atoms with E-state index in [0.717, 1.165) is 0 Å². The average molecular weight is 373 g/mol. The van der Waals surface area contributed by atoms with Gasteiger partial charge in [0.25, 0.3) is 0 Å². The highest BCUT2D eigenvalue weighted by Crippen LogP contribution is 2.51. The third-order valence-electron chi connectivity index (χ3n) is 7.01. The lowest BCUT2D eigenvalue weighted by Crippen LogP contribution is -2.04. The van der Waals surface area contributed by atoms with Crippen molar-refractivity contribution in [3.63, 3.8) is 0 Å². The molecule has 0 N–H and O–H groups in total. The number of rotatable bonds is 3. The van der Waals surface area contributed by atoms with E-state index in [1.165, 1.54) is 57.3 Å². The van der Waals surface area contributed by atoms with Gasteiger partial charge in [-0.05, 0) is 69.8 Å². The normalized spacial score (nSPS) is 16.2. The fourth-order valence-corrected chi connectivity index (χ4v) is 5.78. The predicted octanol–water partition coefficient (Wildman–Crippen LogP) is 7.70. The van der Waals surface area contributed by atoms with Crippen LogP contribution in [0.15, 0.2) is 91.0 Å². The van der Waals surface area contributed by atoms with Gasteiger partial charge in [-0.3, -0.25) is 0 Å². The highest BCUT2D eigenvalue weighted by Gasteiger charge is 2.33. The molecule has 2 aliphatic rings. The van der Waals surface area contributed by atoms with Crippen molar-refractivity contribution in [3.05, 3.63) is 119 Å². The third-order valence-corrected chi connectivity index (χ3v) is 7.01. The SMILES string of the molecule is Cc1cccc2c1C(CCC1c3ccccc3-c3ccccc31)c1ccccc1-2. The first-order valence-corrected chi connectivity index (χ1v) is 10.7. The fourth-order valence-electron chi connectivity index (χ4n) is 5.78. The van der Waals surface area contributed by atoms with Crippen LogP contribution in [0, 0.1) is 6.92 Å². The van der Waals surface area contributed by atoms with Crippen LogP contribution in [0.1, 0.15) is 52.5 Å². The lowest BCUT2D eigenvalue weighted by atomic mass is 9.84. The van der Waals surface area contributed by atoms with E-state index in [2.05, 4.69) is 97.9 Å². The van der Waals surface area contributed by atoms with Crippen molar-refractivity contribution in [2.24, 2.45) is 0 Å². The van der Waals surface area contributed by atoms with Gasteiger partial charge in [-0.2, -0.15) is 0 Å². The summed E-state index contributed by atoms with van der Waals surface area (Å²) in [6, 6.07) is 33.8. The second-order valence-corrected chi connectivity index (χ2v) is 8.48. The number of aryl methyl sites for hydroxylation is 1. The van der Waals surface area contributed by atoms with Gasteiger partial charge in [-0.25, -0.2) is 0 Å². The summed E-state index contributed by atoms with van der Waals surface area (Å²) in [7, 11) is 0. The maximum Gasteiger partial charge on any atom is 0.0105 e. The van der Waals surface area contributed by atoms with E-state index in [9.17, 15) is 0 Å². The molecule has 1 unspecified atom stereocenters. The maximum atomic E-state index is 2.34. The summed E-state index contributed by atoms with van der Waals surface area (Å²) in [4.78, 5) is 0. The van der Waals surface area contributed by atoms with Gasteiger partial charge in [-0.1, -0.05) is 91.0 Å². The molecule has 0 saturated carbocycles. The van der Waals surface area contributed by atoms with Gasteiger partial charge >= 0.3 is 0 Å². The molecule has 29 heavy (non-hydrogen) atoms. The lowest BCUT2D eigenvalue weighted by Gasteiger charge is -2.20. The smallest absolute Gasteiger partial charge is 0.0105 e. The minimum atomic E-state index is 0.502. The van der Waals surface area contributed by atoms with Crippen molar-refractivity contribution < 1.29 is 0 Å². The Bertz CT molecular complexity index is 1180. The highest BCUT2D eigenvalue weighted by atomic mass is 14.4. The molecule has 0 aliphatic heterocycles. The van der Waals surface area contributed by atoms with E-state index in [1.54, 1.807) is 5.56 Å². The molecule has 140 valence electrons. The van der Waals surface area contributed by atoms with Crippen molar-refractivity contribution in [1.82, 2.24) is 0 Å². The van der Waals surface area contributed by atoms with Gasteiger partial charge in [0.2, 0.25) is 0 Å². The molecular formula is C29H24. The average Bonchev–Trinajstić information content (AvgIpc) is 3.26. The van der Waals surface area contributed by atoms with Crippen molar-refractivity contribution in [1.29, 1.82) is 0 Å². The van der Waals surface area contributed by atoms with Crippen molar-refractivity contribution in [3.8, 4) is 22.3 Å². The van der Waals surface area contributed by atoms with Gasteiger partial charge in [0, 0.05) is 11.8 Å². The molecule has 0 nitrogen and oxygen atoms in total. The van der Waals surface area contributed by atoms with E-state index in [4.69, 9.17) is 0 Å². The van der Waals surface area contributed by atoms with E-state index >= 15 is 0 Å². The molecule has 1 atom stereocenters. The van der Waals surface area contributed by atoms with Crippen LogP contribution in [-0.4, -0.2) is 0 Å². The van der Waals surface area contributed by atoms with Crippen LogP contribution in [0.25, 0.3) is 22.3 Å². The fraction of sp³-hybridized carbons (Fsp3) is 0.172. The van der Waals surface area contributed by atoms with Crippen LogP contribution in [0.4, 0.5) is 0 Å². The van der Waals surface area contributed by atoms with Gasteiger partial charge < -0.3 is 0 Å². The first kappa shape index (κ1) is 16.8. The Balaban J connectivity index is 1.40. The highest BCUT2D eigenvalue weighted by molar-refractivity contribution is 5.81. The molecule has 0 aromatic heterocycles. The summed E-state index contributed by atoms with van der Waals surface area (Å²) >= 11 is 0. The standard InChI is InChI=1S/C29H24/c1-19-9-8-16-27-24-14-6-7-15-25(24)28(29(19)27)18-17-26-22-12-4-2-10-20(22)21-11-3-5-13-23(21)26/h2-16,26,28H,17-18H2,1H3. The van der Waals surface area contributed by atoms with Crippen molar-refractivity contribution in [2.45, 2.75) is 31.6 Å². The monoisotopic (exact) mass is 372 g/mol. The molecule has 0 heteroatoms. The van der Waals surface area contributed by atoms with Crippen LogP contribution in [0.5, 0.6) is 0 Å². The van der Waals surface area contributed by atoms with Crippen molar-refractivity contribution >= 4 is 0 Å². The van der Waals surface area contributed by atoms with E-state index in [1.807, 2.05) is 0 Å². The maximum absolute atomic E-state index is 2.34. The number of fused-ring (bicyclic) bond motifs is 6. The van der Waals surface area contributed by atoms with E-state index < -0.39 is 0 Å². The Morgan fingerprint density at radius 2 is 0.931 bits per heavy atom. The van der Waals surface area contributed by atoms with E-state index in [-0.39, 0.29) is 0 Å². The number of benzene rings is 4. The minimum Gasteiger partial charge on any atom is -0.0619 e. The molecule has 0 saturated heterocycles. The third kappa shape index (κ3) is 2.45. The molecular weight excluding hydrogens is 348 g/mol. The summed E-state index contributed by atoms with van der Waals surface area (Å²) < 4.78 is 0. The van der Waals surface area contributed by atoms with Gasteiger partial charge in [0.05, 0.1) is 0 Å². The molecule has 0 radical (unpaired) electrons. The van der Waals surface area contributed by atoms with Crippen LogP contribution < -0.4 is 0 Å². The van der Waals surface area contributed by atoms with Gasteiger partial charge in [-0.15, -0.1) is 0 Å². The molecule has 0 amide bonds. The molecule has 2 aliphatic carbocycles. The molecule has 4 aromatic carbocycles. The Labute approximate surface area is 172 Å². The zero-order chi connectivity index (χ0) is 19.4. The largest absolute Gasteiger partial charge is 0.0619 e. The van der Waals surface area contributed by atoms with Gasteiger partial charge in [0.15, 0.2) is 0 Å². The number of hydrogen-bond donors (Lipinski definition) is 0. The molecule has 0 bridgehead atoms. The Morgan fingerprint density at radius 3 is 1.55 bits per heavy atom. The summed E-state index contributed by atoms with van der Waals surface area (Å²) in [6.07, 6.45) is 2.36. The molecule has 0 heterocycles. The first-order chi connectivity index (χ1) is 14.3. The second kappa shape index (κ2) is 6.46. The predicted molar refractivity (Wildman–Crippen MR) is 121 cm³/mol. The Kier molecular flexibility index (Phi) is 3.74. The van der Waals surface area contributed by atoms with Crippen LogP contribution in [-0.2, 0) is 0 Å². The van der Waals surface area contributed by atoms with Crippen LogP contribution in [0.2, 0.25) is 0 Å². The zero-order valence-electron chi connectivity index (χ0n) is 16.7. The Morgan fingerprint density at radius 1 is 0.483 bits per heavy atom. The summed E-state index contributed by atoms with van der Waals surface area (Å²) in [5, 5.41) is 0. The van der Waals surface area contributed by atoms with Gasteiger partial charge in [0.1, 0.15) is 0 Å². The Hall–Kier alpha value is -3.12. The molecule has 0 spiro atoms. The summed E-state index contributed by atoms with van der Waals surface area (Å²) in [5.41, 5.74) is 13.2. The number of hydrogen-bond acceptors (Lipinski definition) is 0. The van der Waals surface area contributed by atoms with E-state index in [0.29, 0.717) is 11.8 Å². The molecule has 0 fully saturated rings. The van der Waals surface area contributed by atoms with Crippen molar-refractivity contribution in [2.75, 3.05) is 0 Å². The quantitative estimate of drug-likeness (QED) is 0.345. The second-order valence-electron chi connectivity index (χ2n) is 8.48. The van der Waals surface area contributed by atoms with Crippen LogP contribution >= 0.6 is 0 Å². The topological polar surface area (TPSA) is 0 Å². The lowest BCUT2D eigenvalue weighted by molar-refractivity contribution is 0.624. The molecule has 4 aromatic rings.